The van der Waals surface area contributed by atoms with Crippen LogP contribution < -0.4 is 9.47 Å². The van der Waals surface area contributed by atoms with Crippen LogP contribution in [0.5, 0.6) is 11.5 Å². The molecule has 1 atom stereocenters. The third-order valence-corrected chi connectivity index (χ3v) is 10.8. The molecular weight excluding hydrogens is 742 g/mol. The SMILES string of the molecule is COc1ccc(CN(Cc2ccc(OC)cc2)S(=O)(=O)c2cc(F)c(-c3nc4cc(Cl)ccn4c3C[C@H]3CN(C(=O)OC(C)(C)C)CCO3)c(F)c2)cc1. The van der Waals surface area contributed by atoms with Crippen molar-refractivity contribution in [3.63, 3.8) is 0 Å². The first-order valence-corrected chi connectivity index (χ1v) is 19.0. The van der Waals surface area contributed by atoms with Crippen LogP contribution in [0.2, 0.25) is 5.02 Å². The summed E-state index contributed by atoms with van der Waals surface area (Å²) in [5.74, 6) is -1.07. The number of ether oxygens (including phenoxy) is 4. The standard InChI is InChI=1S/C39H41ClF2N4O7S/c1-39(2,3)53-38(47)44-16-17-52-30(24-44)19-34-37(43-35-18-27(40)14-15-46(34)35)36-32(41)20-31(21-33(36)42)54(48,49)45(22-25-6-10-28(50-4)11-7-25)23-26-8-12-29(51-5)13-9-26/h6-15,18,20-21,30H,16-17,19,22-24H2,1-5H3/t30-/m0/s1. The van der Waals surface area contributed by atoms with Gasteiger partial charge in [-0.25, -0.2) is 27.0 Å². The van der Waals surface area contributed by atoms with Crippen LogP contribution in [0.25, 0.3) is 16.9 Å². The first-order valence-electron chi connectivity index (χ1n) is 17.2. The number of fused-ring (bicyclic) bond motifs is 1. The molecule has 11 nitrogen and oxygen atoms in total. The van der Waals surface area contributed by atoms with Crippen molar-refractivity contribution in [3.8, 4) is 22.8 Å². The third kappa shape index (κ3) is 8.78. The van der Waals surface area contributed by atoms with Gasteiger partial charge in [-0.05, 0) is 74.4 Å². The first kappa shape index (κ1) is 38.9. The lowest BCUT2D eigenvalue weighted by molar-refractivity contribution is -0.0418. The maximum Gasteiger partial charge on any atom is 0.410 e. The topological polar surface area (TPSA) is 112 Å². The van der Waals surface area contributed by atoms with E-state index < -0.39 is 49.9 Å². The molecule has 1 fully saturated rings. The van der Waals surface area contributed by atoms with Gasteiger partial charge in [0.25, 0.3) is 0 Å². The Morgan fingerprint density at radius 2 is 1.52 bits per heavy atom. The average molecular weight is 783 g/mol. The van der Waals surface area contributed by atoms with Crippen LogP contribution >= 0.6 is 11.6 Å². The van der Waals surface area contributed by atoms with Crippen LogP contribution in [-0.4, -0.2) is 78.7 Å². The molecule has 0 unspecified atom stereocenters. The molecule has 1 amide bonds. The van der Waals surface area contributed by atoms with Crippen LogP contribution in [0, 0.1) is 11.6 Å². The van der Waals surface area contributed by atoms with E-state index in [-0.39, 0.29) is 38.4 Å². The van der Waals surface area contributed by atoms with Gasteiger partial charge in [0, 0.05) is 43.3 Å². The smallest absolute Gasteiger partial charge is 0.410 e. The molecule has 286 valence electrons. The fraction of sp³-hybridized carbons (Fsp3) is 0.333. The van der Waals surface area contributed by atoms with Crippen molar-refractivity contribution in [1.29, 1.82) is 0 Å². The van der Waals surface area contributed by atoms with Crippen molar-refractivity contribution in [1.82, 2.24) is 18.6 Å². The number of nitrogens with zero attached hydrogens (tertiary/aromatic N) is 4. The van der Waals surface area contributed by atoms with Crippen molar-refractivity contribution in [3.05, 3.63) is 112 Å². The number of aromatic nitrogens is 2. The Morgan fingerprint density at radius 3 is 2.06 bits per heavy atom. The molecular formula is C39H41ClF2N4O7S. The lowest BCUT2D eigenvalue weighted by atomic mass is 10.0. The highest BCUT2D eigenvalue weighted by atomic mass is 35.5. The van der Waals surface area contributed by atoms with E-state index in [1.807, 2.05) is 0 Å². The number of carbonyl (C=O) groups is 1. The van der Waals surface area contributed by atoms with Gasteiger partial charge in [0.05, 0.1) is 55.3 Å². The maximum absolute atomic E-state index is 16.4. The van der Waals surface area contributed by atoms with Crippen molar-refractivity contribution in [2.45, 2.75) is 56.9 Å². The lowest BCUT2D eigenvalue weighted by Gasteiger charge is -2.34. The molecule has 0 saturated carbocycles. The van der Waals surface area contributed by atoms with Gasteiger partial charge in [0.15, 0.2) is 0 Å². The fourth-order valence-corrected chi connectivity index (χ4v) is 7.78. The van der Waals surface area contributed by atoms with Gasteiger partial charge in [-0.1, -0.05) is 35.9 Å². The van der Waals surface area contributed by atoms with Crippen LogP contribution in [0.4, 0.5) is 13.6 Å². The van der Waals surface area contributed by atoms with Crippen LogP contribution in [0.1, 0.15) is 37.6 Å². The quantitative estimate of drug-likeness (QED) is 0.135. The zero-order chi connectivity index (χ0) is 38.8. The predicted octanol–water partition coefficient (Wildman–Crippen LogP) is 7.52. The Hall–Kier alpha value is -4.76. The van der Waals surface area contributed by atoms with Crippen LogP contribution in [0.15, 0.2) is 83.9 Å². The second-order valence-electron chi connectivity index (χ2n) is 13.8. The summed E-state index contributed by atoms with van der Waals surface area (Å²) in [6.07, 6.45) is 0.662. The number of hydrogen-bond acceptors (Lipinski definition) is 8. The van der Waals surface area contributed by atoms with Gasteiger partial charge < -0.3 is 28.2 Å². The van der Waals surface area contributed by atoms with E-state index in [4.69, 9.17) is 30.5 Å². The molecule has 0 spiro atoms. The molecule has 3 aromatic carbocycles. The molecule has 5 aromatic rings. The summed E-state index contributed by atoms with van der Waals surface area (Å²) in [5.41, 5.74) is 0.695. The van der Waals surface area contributed by atoms with Crippen molar-refractivity contribution >= 4 is 33.4 Å². The Bertz CT molecular complexity index is 2170. The number of rotatable bonds is 11. The molecule has 1 aliphatic heterocycles. The Labute approximate surface area is 318 Å². The summed E-state index contributed by atoms with van der Waals surface area (Å²) in [5, 5.41) is 0.354. The van der Waals surface area contributed by atoms with Gasteiger partial charge in [-0.3, -0.25) is 0 Å². The number of halogens is 3. The van der Waals surface area contributed by atoms with E-state index in [1.165, 1.54) is 19.1 Å². The summed E-state index contributed by atoms with van der Waals surface area (Å²) in [4.78, 5) is 18.4. The van der Waals surface area contributed by atoms with Crippen LogP contribution in [-0.2, 0) is 39.0 Å². The molecule has 0 aliphatic carbocycles. The number of sulfonamides is 1. The van der Waals surface area contributed by atoms with Gasteiger partial charge >= 0.3 is 6.09 Å². The number of hydrogen-bond donors (Lipinski definition) is 0. The number of pyridine rings is 1. The monoisotopic (exact) mass is 782 g/mol. The van der Waals surface area contributed by atoms with Gasteiger partial charge in [0.1, 0.15) is 34.4 Å². The summed E-state index contributed by atoms with van der Waals surface area (Å²) in [6.45, 7) is 5.84. The highest BCUT2D eigenvalue weighted by Crippen LogP contribution is 2.35. The molecule has 3 heterocycles. The second-order valence-corrected chi connectivity index (χ2v) is 16.2. The van der Waals surface area contributed by atoms with Crippen molar-refractivity contribution in [2.75, 3.05) is 33.9 Å². The first-order chi connectivity index (χ1) is 25.6. The predicted molar refractivity (Wildman–Crippen MR) is 199 cm³/mol. The summed E-state index contributed by atoms with van der Waals surface area (Å²) in [6, 6.07) is 18.5. The average Bonchev–Trinajstić information content (AvgIpc) is 3.47. The van der Waals surface area contributed by atoms with Gasteiger partial charge in [-0.15, -0.1) is 0 Å². The van der Waals surface area contributed by atoms with E-state index in [1.54, 1.807) is 92.0 Å². The van der Waals surface area contributed by atoms with E-state index in [0.29, 0.717) is 45.5 Å². The second kappa shape index (κ2) is 15.9. The molecule has 2 aromatic heterocycles. The molecule has 0 N–H and O–H groups in total. The van der Waals surface area contributed by atoms with Gasteiger partial charge in [0.2, 0.25) is 10.0 Å². The molecule has 54 heavy (non-hydrogen) atoms. The molecule has 1 saturated heterocycles. The normalized spacial score (nSPS) is 15.1. The highest BCUT2D eigenvalue weighted by Gasteiger charge is 2.33. The zero-order valence-corrected chi connectivity index (χ0v) is 32.1. The van der Waals surface area contributed by atoms with E-state index in [2.05, 4.69) is 4.98 Å². The van der Waals surface area contributed by atoms with Gasteiger partial charge in [-0.2, -0.15) is 4.31 Å². The number of morpholine rings is 1. The largest absolute Gasteiger partial charge is 0.497 e. The highest BCUT2D eigenvalue weighted by molar-refractivity contribution is 7.89. The van der Waals surface area contributed by atoms with Crippen molar-refractivity contribution < 1.29 is 40.9 Å². The maximum atomic E-state index is 16.4. The molecule has 6 rings (SSSR count). The zero-order valence-electron chi connectivity index (χ0n) is 30.5. The summed E-state index contributed by atoms with van der Waals surface area (Å²) < 4.78 is 86.1. The molecule has 0 bridgehead atoms. The number of amides is 1. The minimum absolute atomic E-state index is 0.0532. The summed E-state index contributed by atoms with van der Waals surface area (Å²) in [7, 11) is -1.44. The van der Waals surface area contributed by atoms with Crippen LogP contribution in [0.3, 0.4) is 0 Å². The Morgan fingerprint density at radius 1 is 0.944 bits per heavy atom. The fourth-order valence-electron chi connectivity index (χ4n) is 6.19. The minimum Gasteiger partial charge on any atom is -0.497 e. The van der Waals surface area contributed by atoms with E-state index in [9.17, 15) is 13.2 Å². The number of methoxy groups -OCH3 is 2. The lowest BCUT2D eigenvalue weighted by Crippen LogP contribution is -2.48. The van der Waals surface area contributed by atoms with Crippen molar-refractivity contribution in [2.24, 2.45) is 0 Å². The third-order valence-electron chi connectivity index (χ3n) is 8.82. The number of benzene rings is 3. The number of carbonyl (C=O) groups excluding carboxylic acids is 1. The van der Waals surface area contributed by atoms with E-state index >= 15 is 8.78 Å². The minimum atomic E-state index is -4.48. The van der Waals surface area contributed by atoms with E-state index in [0.717, 1.165) is 16.4 Å². The molecule has 1 aliphatic rings. The molecule has 15 heteroatoms. The number of imidazole rings is 1. The Kier molecular flexibility index (Phi) is 11.5. The summed E-state index contributed by atoms with van der Waals surface area (Å²) >= 11 is 6.27. The Balaban J connectivity index is 1.36. The molecule has 0 radical (unpaired) electrons.